The van der Waals surface area contributed by atoms with Crippen LogP contribution in [0.4, 0.5) is 0 Å². The lowest BCUT2D eigenvalue weighted by Crippen LogP contribution is -2.49. The maximum Gasteiger partial charge on any atom is 0.325 e. The number of carbonyl (C=O) groups excluding carboxylic acids is 3. The van der Waals surface area contributed by atoms with Crippen molar-refractivity contribution in [2.45, 2.75) is 32.4 Å². The molecule has 1 aromatic carbocycles. The maximum atomic E-state index is 12.8. The van der Waals surface area contributed by atoms with Gasteiger partial charge in [0.1, 0.15) is 12.6 Å². The zero-order valence-electron chi connectivity index (χ0n) is 16.2. The molecule has 0 saturated carbocycles. The number of amides is 2. The van der Waals surface area contributed by atoms with Gasteiger partial charge < -0.3 is 20.4 Å². The van der Waals surface area contributed by atoms with Crippen LogP contribution in [-0.4, -0.2) is 41.5 Å². The molecule has 7 nitrogen and oxygen atoms in total. The van der Waals surface area contributed by atoms with E-state index in [4.69, 9.17) is 4.74 Å². The molecule has 0 aliphatic rings. The molecular weight excluding hydrogens is 390 g/mol. The molecule has 0 spiro atoms. The first-order valence-electron chi connectivity index (χ1n) is 9.30. The van der Waals surface area contributed by atoms with Crippen LogP contribution in [0, 0.1) is 0 Å². The van der Waals surface area contributed by atoms with E-state index in [9.17, 15) is 14.4 Å². The summed E-state index contributed by atoms with van der Waals surface area (Å²) in [7, 11) is 0. The molecule has 29 heavy (non-hydrogen) atoms. The first-order valence-corrected chi connectivity index (χ1v) is 10.2. The molecule has 0 saturated heterocycles. The lowest BCUT2D eigenvalue weighted by atomic mass is 10.0. The standard InChI is InChI=1S/C21H23N3O4S/c1-13(2)28-19(25)12-23-20(26)17(24-21(27)18-8-5-9-29-18)10-14-11-22-16-7-4-3-6-15(14)16/h3-9,11,13,17,22H,10,12H2,1-2H3,(H,23,26)(H,24,27). The predicted octanol–water partition coefficient (Wildman–Crippen LogP) is 2.64. The summed E-state index contributed by atoms with van der Waals surface area (Å²) in [5, 5.41) is 8.12. The number of H-pyrrole nitrogens is 1. The van der Waals surface area contributed by atoms with Crippen molar-refractivity contribution < 1.29 is 19.1 Å². The Balaban J connectivity index is 1.74. The minimum atomic E-state index is -0.837. The van der Waals surface area contributed by atoms with Crippen molar-refractivity contribution >= 4 is 40.0 Å². The highest BCUT2D eigenvalue weighted by Crippen LogP contribution is 2.19. The van der Waals surface area contributed by atoms with Crippen LogP contribution < -0.4 is 10.6 Å². The summed E-state index contributed by atoms with van der Waals surface area (Å²) in [5.41, 5.74) is 1.85. The third-order valence-corrected chi connectivity index (χ3v) is 5.11. The van der Waals surface area contributed by atoms with Gasteiger partial charge in [-0.3, -0.25) is 14.4 Å². The van der Waals surface area contributed by atoms with Crippen molar-refractivity contribution in [2.24, 2.45) is 0 Å². The Hall–Kier alpha value is -3.13. The van der Waals surface area contributed by atoms with Crippen LogP contribution >= 0.6 is 11.3 Å². The van der Waals surface area contributed by atoms with Crippen LogP contribution in [0.15, 0.2) is 48.0 Å². The molecule has 3 rings (SSSR count). The normalized spacial score (nSPS) is 12.0. The quantitative estimate of drug-likeness (QED) is 0.494. The van der Waals surface area contributed by atoms with Gasteiger partial charge in [0.05, 0.1) is 11.0 Å². The van der Waals surface area contributed by atoms with Gasteiger partial charge in [-0.2, -0.15) is 0 Å². The Bertz CT molecular complexity index is 994. The van der Waals surface area contributed by atoms with Crippen molar-refractivity contribution in [1.82, 2.24) is 15.6 Å². The molecule has 8 heteroatoms. The first-order chi connectivity index (χ1) is 13.9. The van der Waals surface area contributed by atoms with Gasteiger partial charge in [-0.05, 0) is 36.9 Å². The van der Waals surface area contributed by atoms with Crippen molar-refractivity contribution in [3.63, 3.8) is 0 Å². The average Bonchev–Trinajstić information content (AvgIpc) is 3.35. The van der Waals surface area contributed by atoms with E-state index in [1.165, 1.54) is 11.3 Å². The van der Waals surface area contributed by atoms with Gasteiger partial charge in [-0.15, -0.1) is 11.3 Å². The molecule has 0 aliphatic carbocycles. The maximum absolute atomic E-state index is 12.8. The molecule has 0 fully saturated rings. The number of carbonyl (C=O) groups is 3. The second-order valence-corrected chi connectivity index (χ2v) is 7.77. The van der Waals surface area contributed by atoms with E-state index >= 15 is 0 Å². The van der Waals surface area contributed by atoms with Crippen molar-refractivity contribution in [3.05, 3.63) is 58.4 Å². The monoisotopic (exact) mass is 413 g/mol. The summed E-state index contributed by atoms with van der Waals surface area (Å²) in [6.45, 7) is 3.22. The Morgan fingerprint density at radius 3 is 2.66 bits per heavy atom. The van der Waals surface area contributed by atoms with Crippen LogP contribution in [0.25, 0.3) is 10.9 Å². The van der Waals surface area contributed by atoms with E-state index in [0.29, 0.717) is 4.88 Å². The summed E-state index contributed by atoms with van der Waals surface area (Å²) in [5.74, 6) is -1.30. The minimum absolute atomic E-state index is 0.254. The molecule has 0 radical (unpaired) electrons. The Morgan fingerprint density at radius 2 is 1.93 bits per heavy atom. The summed E-state index contributed by atoms with van der Waals surface area (Å²) in [6, 6.07) is 10.4. The third kappa shape index (κ3) is 5.45. The number of fused-ring (bicyclic) bond motifs is 1. The van der Waals surface area contributed by atoms with E-state index in [-0.39, 0.29) is 25.0 Å². The molecule has 1 atom stereocenters. The fraction of sp³-hybridized carbons (Fsp3) is 0.286. The van der Waals surface area contributed by atoms with E-state index in [1.54, 1.807) is 31.4 Å². The number of hydrogen-bond donors (Lipinski definition) is 3. The number of para-hydroxylation sites is 1. The Labute approximate surface area is 172 Å². The van der Waals surface area contributed by atoms with Crippen LogP contribution in [0.1, 0.15) is 29.1 Å². The van der Waals surface area contributed by atoms with Gasteiger partial charge in [-0.25, -0.2) is 0 Å². The highest BCUT2D eigenvalue weighted by atomic mass is 32.1. The van der Waals surface area contributed by atoms with E-state index in [2.05, 4.69) is 15.6 Å². The second-order valence-electron chi connectivity index (χ2n) is 6.82. The fourth-order valence-electron chi connectivity index (χ4n) is 2.95. The molecule has 3 N–H and O–H groups in total. The minimum Gasteiger partial charge on any atom is -0.462 e. The summed E-state index contributed by atoms with van der Waals surface area (Å²) < 4.78 is 5.04. The lowest BCUT2D eigenvalue weighted by molar-refractivity contribution is -0.147. The zero-order chi connectivity index (χ0) is 20.8. The van der Waals surface area contributed by atoms with Gasteiger partial charge in [0.15, 0.2) is 0 Å². The number of aromatic nitrogens is 1. The topological polar surface area (TPSA) is 100 Å². The molecule has 2 amide bonds. The van der Waals surface area contributed by atoms with E-state index in [1.807, 2.05) is 30.5 Å². The zero-order valence-corrected chi connectivity index (χ0v) is 17.0. The Morgan fingerprint density at radius 1 is 1.14 bits per heavy atom. The molecule has 0 bridgehead atoms. The number of ether oxygens (including phenoxy) is 1. The number of nitrogens with one attached hydrogen (secondary N) is 3. The predicted molar refractivity (Wildman–Crippen MR) is 112 cm³/mol. The molecule has 2 aromatic heterocycles. The average molecular weight is 413 g/mol. The number of benzene rings is 1. The van der Waals surface area contributed by atoms with E-state index < -0.39 is 17.9 Å². The fourth-order valence-corrected chi connectivity index (χ4v) is 3.58. The van der Waals surface area contributed by atoms with Crippen LogP contribution in [0.3, 0.4) is 0 Å². The number of aromatic amines is 1. The number of esters is 1. The van der Waals surface area contributed by atoms with Crippen LogP contribution in [0.2, 0.25) is 0 Å². The smallest absolute Gasteiger partial charge is 0.325 e. The van der Waals surface area contributed by atoms with Gasteiger partial charge in [0, 0.05) is 23.5 Å². The van der Waals surface area contributed by atoms with E-state index in [0.717, 1.165) is 16.5 Å². The van der Waals surface area contributed by atoms with Crippen LogP contribution in [-0.2, 0) is 20.7 Å². The van der Waals surface area contributed by atoms with Gasteiger partial charge in [0.2, 0.25) is 5.91 Å². The second kappa shape index (κ2) is 9.38. The SMILES string of the molecule is CC(C)OC(=O)CNC(=O)C(Cc1c[nH]c2ccccc12)NC(=O)c1cccs1. The van der Waals surface area contributed by atoms with Crippen molar-refractivity contribution in [1.29, 1.82) is 0 Å². The molecule has 3 aromatic rings. The highest BCUT2D eigenvalue weighted by Gasteiger charge is 2.24. The highest BCUT2D eigenvalue weighted by molar-refractivity contribution is 7.12. The number of rotatable bonds is 8. The van der Waals surface area contributed by atoms with Crippen molar-refractivity contribution in [3.8, 4) is 0 Å². The molecule has 1 unspecified atom stereocenters. The number of hydrogen-bond acceptors (Lipinski definition) is 5. The van der Waals surface area contributed by atoms with Crippen molar-refractivity contribution in [2.75, 3.05) is 6.54 Å². The summed E-state index contributed by atoms with van der Waals surface area (Å²) in [4.78, 5) is 40.7. The molecule has 2 heterocycles. The van der Waals surface area contributed by atoms with Crippen LogP contribution in [0.5, 0.6) is 0 Å². The summed E-state index contributed by atoms with van der Waals surface area (Å²) in [6.07, 6.45) is 1.85. The molecule has 152 valence electrons. The third-order valence-electron chi connectivity index (χ3n) is 4.24. The molecular formula is C21H23N3O4S. The Kier molecular flexibility index (Phi) is 6.66. The molecule has 0 aliphatic heterocycles. The number of thiophene rings is 1. The lowest BCUT2D eigenvalue weighted by Gasteiger charge is -2.18. The largest absolute Gasteiger partial charge is 0.462 e. The van der Waals surface area contributed by atoms with Gasteiger partial charge >= 0.3 is 5.97 Å². The first kappa shape index (κ1) is 20.6. The summed E-state index contributed by atoms with van der Waals surface area (Å²) >= 11 is 1.30. The van der Waals surface area contributed by atoms with Gasteiger partial charge in [-0.1, -0.05) is 24.3 Å². The van der Waals surface area contributed by atoms with Gasteiger partial charge in [0.25, 0.3) is 5.91 Å².